The molecule has 1 aliphatic carbocycles. The Labute approximate surface area is 127 Å². The quantitative estimate of drug-likeness (QED) is 0.924. The molecule has 6 heteroatoms. The van der Waals surface area contributed by atoms with Gasteiger partial charge in [-0.15, -0.1) is 0 Å². The summed E-state index contributed by atoms with van der Waals surface area (Å²) >= 11 is 0. The lowest BCUT2D eigenvalue weighted by Gasteiger charge is -2.33. The van der Waals surface area contributed by atoms with Crippen molar-refractivity contribution in [1.82, 2.24) is 5.32 Å². The number of halogens is 3. The molecule has 0 saturated heterocycles. The molecule has 1 aromatic carbocycles. The van der Waals surface area contributed by atoms with E-state index >= 15 is 0 Å². The molecule has 1 saturated carbocycles. The Bertz CT molecular complexity index is 516. The van der Waals surface area contributed by atoms with E-state index in [-0.39, 0.29) is 18.7 Å². The molecule has 0 bridgehead atoms. The molecule has 1 aliphatic rings. The SMILES string of the molecule is COc1cccc(CC(=O)N[C@H]2CCCC[C@H]2C(F)(F)F)c1. The summed E-state index contributed by atoms with van der Waals surface area (Å²) < 4.78 is 44.1. The molecule has 0 unspecified atom stereocenters. The van der Waals surface area contributed by atoms with Crippen LogP contribution in [0.15, 0.2) is 24.3 Å². The molecule has 0 spiro atoms. The molecule has 1 amide bonds. The molecule has 2 atom stereocenters. The average Bonchev–Trinajstić information content (AvgIpc) is 2.46. The lowest BCUT2D eigenvalue weighted by molar-refractivity contribution is -0.189. The van der Waals surface area contributed by atoms with Gasteiger partial charge in [-0.25, -0.2) is 0 Å². The fourth-order valence-corrected chi connectivity index (χ4v) is 2.92. The van der Waals surface area contributed by atoms with E-state index in [1.165, 1.54) is 7.11 Å². The van der Waals surface area contributed by atoms with Gasteiger partial charge in [0.2, 0.25) is 5.91 Å². The number of hydrogen-bond acceptors (Lipinski definition) is 2. The number of hydrogen-bond donors (Lipinski definition) is 1. The third-order valence-electron chi connectivity index (χ3n) is 4.03. The molecule has 22 heavy (non-hydrogen) atoms. The van der Waals surface area contributed by atoms with Crippen molar-refractivity contribution in [3.05, 3.63) is 29.8 Å². The third-order valence-corrected chi connectivity index (χ3v) is 4.03. The van der Waals surface area contributed by atoms with Gasteiger partial charge in [0.1, 0.15) is 5.75 Å². The van der Waals surface area contributed by atoms with E-state index in [0.29, 0.717) is 18.6 Å². The van der Waals surface area contributed by atoms with Gasteiger partial charge in [0.25, 0.3) is 0 Å². The molecule has 0 aromatic heterocycles. The molecular formula is C16H20F3NO2. The van der Waals surface area contributed by atoms with E-state index in [0.717, 1.165) is 12.0 Å². The van der Waals surface area contributed by atoms with Gasteiger partial charge in [0.15, 0.2) is 0 Å². The second kappa shape index (κ2) is 7.03. The highest BCUT2D eigenvalue weighted by molar-refractivity contribution is 5.79. The number of ether oxygens (including phenoxy) is 1. The van der Waals surface area contributed by atoms with Crippen LogP contribution in [0, 0.1) is 5.92 Å². The monoisotopic (exact) mass is 315 g/mol. The summed E-state index contributed by atoms with van der Waals surface area (Å²) in [5, 5.41) is 2.56. The molecule has 1 fully saturated rings. The zero-order valence-electron chi connectivity index (χ0n) is 12.5. The molecule has 0 aliphatic heterocycles. The predicted molar refractivity (Wildman–Crippen MR) is 76.6 cm³/mol. The summed E-state index contributed by atoms with van der Waals surface area (Å²) in [5.41, 5.74) is 0.719. The molecule has 0 heterocycles. The first-order valence-electron chi connectivity index (χ1n) is 7.39. The fraction of sp³-hybridized carbons (Fsp3) is 0.562. The molecule has 1 aromatic rings. The van der Waals surface area contributed by atoms with Gasteiger partial charge in [0, 0.05) is 6.04 Å². The highest BCUT2D eigenvalue weighted by Gasteiger charge is 2.45. The molecular weight excluding hydrogens is 295 g/mol. The highest BCUT2D eigenvalue weighted by atomic mass is 19.4. The topological polar surface area (TPSA) is 38.3 Å². The van der Waals surface area contributed by atoms with E-state index in [9.17, 15) is 18.0 Å². The van der Waals surface area contributed by atoms with Crippen molar-refractivity contribution in [3.8, 4) is 5.75 Å². The van der Waals surface area contributed by atoms with Gasteiger partial charge >= 0.3 is 6.18 Å². The fourth-order valence-electron chi connectivity index (χ4n) is 2.92. The van der Waals surface area contributed by atoms with E-state index in [1.54, 1.807) is 24.3 Å². The van der Waals surface area contributed by atoms with Gasteiger partial charge in [0.05, 0.1) is 19.4 Å². The number of amides is 1. The van der Waals surface area contributed by atoms with Gasteiger partial charge < -0.3 is 10.1 Å². The minimum atomic E-state index is -4.26. The van der Waals surface area contributed by atoms with Crippen molar-refractivity contribution in [2.45, 2.75) is 44.3 Å². The van der Waals surface area contributed by atoms with Crippen molar-refractivity contribution < 1.29 is 22.7 Å². The lowest BCUT2D eigenvalue weighted by Crippen LogP contribution is -2.48. The van der Waals surface area contributed by atoms with E-state index in [2.05, 4.69) is 5.32 Å². The van der Waals surface area contributed by atoms with E-state index in [1.807, 2.05) is 0 Å². The third kappa shape index (κ3) is 4.39. The predicted octanol–water partition coefficient (Wildman–Crippen LogP) is 3.48. The van der Waals surface area contributed by atoms with Crippen LogP contribution < -0.4 is 10.1 Å². The zero-order valence-corrected chi connectivity index (χ0v) is 12.5. The molecule has 0 radical (unpaired) electrons. The minimum Gasteiger partial charge on any atom is -0.497 e. The number of rotatable bonds is 4. The van der Waals surface area contributed by atoms with Gasteiger partial charge in [-0.1, -0.05) is 25.0 Å². The Balaban J connectivity index is 1.97. The largest absolute Gasteiger partial charge is 0.497 e. The van der Waals surface area contributed by atoms with Crippen LogP contribution in [0.25, 0.3) is 0 Å². The first kappa shape index (κ1) is 16.6. The average molecular weight is 315 g/mol. The first-order valence-corrected chi connectivity index (χ1v) is 7.39. The minimum absolute atomic E-state index is 0.0538. The van der Waals surface area contributed by atoms with Gasteiger partial charge in [-0.3, -0.25) is 4.79 Å². The number of methoxy groups -OCH3 is 1. The Morgan fingerprint density at radius 3 is 2.73 bits per heavy atom. The van der Waals surface area contributed by atoms with Crippen molar-refractivity contribution >= 4 is 5.91 Å². The number of nitrogens with one attached hydrogen (secondary N) is 1. The van der Waals surface area contributed by atoms with Crippen LogP contribution >= 0.6 is 0 Å². The van der Waals surface area contributed by atoms with Crippen LogP contribution in [-0.2, 0) is 11.2 Å². The van der Waals surface area contributed by atoms with Crippen molar-refractivity contribution in [1.29, 1.82) is 0 Å². The van der Waals surface area contributed by atoms with Crippen molar-refractivity contribution in [3.63, 3.8) is 0 Å². The highest BCUT2D eigenvalue weighted by Crippen LogP contribution is 2.37. The smallest absolute Gasteiger partial charge is 0.393 e. The second-order valence-corrected chi connectivity index (χ2v) is 5.63. The lowest BCUT2D eigenvalue weighted by atomic mass is 9.84. The van der Waals surface area contributed by atoms with Gasteiger partial charge in [-0.2, -0.15) is 13.2 Å². The van der Waals surface area contributed by atoms with E-state index in [4.69, 9.17) is 4.74 Å². The molecule has 122 valence electrons. The summed E-state index contributed by atoms with van der Waals surface area (Å²) in [5.74, 6) is -1.19. The van der Waals surface area contributed by atoms with Crippen LogP contribution in [0.5, 0.6) is 5.75 Å². The Morgan fingerprint density at radius 2 is 2.05 bits per heavy atom. The normalized spacial score (nSPS) is 22.2. The maximum atomic E-state index is 13.0. The summed E-state index contributed by atoms with van der Waals surface area (Å²) in [6, 6.07) is 6.15. The number of carbonyl (C=O) groups is 1. The number of benzene rings is 1. The zero-order chi connectivity index (χ0) is 16.2. The Morgan fingerprint density at radius 1 is 1.32 bits per heavy atom. The summed E-state index contributed by atoms with van der Waals surface area (Å²) in [7, 11) is 1.52. The van der Waals surface area contributed by atoms with Gasteiger partial charge in [-0.05, 0) is 30.5 Å². The van der Waals surface area contributed by atoms with Crippen molar-refractivity contribution in [2.75, 3.05) is 7.11 Å². The summed E-state index contributed by atoms with van der Waals surface area (Å²) in [6.45, 7) is 0. The molecule has 2 rings (SSSR count). The van der Waals surface area contributed by atoms with E-state index < -0.39 is 18.1 Å². The van der Waals surface area contributed by atoms with Crippen molar-refractivity contribution in [2.24, 2.45) is 5.92 Å². The summed E-state index contributed by atoms with van der Waals surface area (Å²) in [6.07, 6.45) is -2.45. The standard InChI is InChI=1S/C16H20F3NO2/c1-22-12-6-4-5-11(9-12)10-15(21)20-14-8-3-2-7-13(14)16(17,18)19/h4-6,9,13-14H,2-3,7-8,10H2,1H3,(H,20,21)/t13-,14+/m1/s1. The molecule has 3 nitrogen and oxygen atoms in total. The first-order chi connectivity index (χ1) is 10.4. The van der Waals surface area contributed by atoms with Crippen LogP contribution in [0.2, 0.25) is 0 Å². The summed E-state index contributed by atoms with van der Waals surface area (Å²) in [4.78, 5) is 12.0. The van der Waals surface area contributed by atoms with Crippen LogP contribution in [0.4, 0.5) is 13.2 Å². The number of alkyl halides is 3. The number of carbonyl (C=O) groups excluding carboxylic acids is 1. The van der Waals surface area contributed by atoms with Crippen LogP contribution in [-0.4, -0.2) is 25.2 Å². The Hall–Kier alpha value is -1.72. The molecule has 1 N–H and O–H groups in total. The second-order valence-electron chi connectivity index (χ2n) is 5.63. The van der Waals surface area contributed by atoms with Crippen LogP contribution in [0.1, 0.15) is 31.2 Å². The maximum absolute atomic E-state index is 13.0. The van der Waals surface area contributed by atoms with Crippen LogP contribution in [0.3, 0.4) is 0 Å². The maximum Gasteiger partial charge on any atom is 0.393 e. The Kier molecular flexibility index (Phi) is 5.32.